The second-order valence-corrected chi connectivity index (χ2v) is 5.61. The summed E-state index contributed by atoms with van der Waals surface area (Å²) in [4.78, 5) is 17.6. The fourth-order valence-electron chi connectivity index (χ4n) is 2.77. The van der Waals surface area contributed by atoms with Crippen molar-refractivity contribution in [2.24, 2.45) is 5.92 Å². The van der Waals surface area contributed by atoms with Gasteiger partial charge in [-0.1, -0.05) is 35.5 Å². The molecule has 6 nitrogen and oxygen atoms in total. The Morgan fingerprint density at radius 2 is 2.13 bits per heavy atom. The highest BCUT2D eigenvalue weighted by Gasteiger charge is 2.25. The van der Waals surface area contributed by atoms with Crippen LogP contribution in [-0.2, 0) is 11.2 Å². The van der Waals surface area contributed by atoms with E-state index in [-0.39, 0.29) is 18.3 Å². The van der Waals surface area contributed by atoms with E-state index >= 15 is 0 Å². The number of nitrogens with zero attached hydrogens (tertiary/aromatic N) is 3. The number of aromatic nitrogens is 2. The quantitative estimate of drug-likeness (QED) is 0.903. The lowest BCUT2D eigenvalue weighted by Crippen LogP contribution is -2.39. The summed E-state index contributed by atoms with van der Waals surface area (Å²) in [5, 5.41) is 13.1. The number of hydrogen-bond acceptors (Lipinski definition) is 5. The minimum Gasteiger partial charge on any atom is -0.481 e. The van der Waals surface area contributed by atoms with Gasteiger partial charge in [-0.05, 0) is 19.4 Å². The molecule has 1 N–H and O–H groups in total. The fourth-order valence-corrected chi connectivity index (χ4v) is 2.77. The topological polar surface area (TPSA) is 79.5 Å². The van der Waals surface area contributed by atoms with Gasteiger partial charge in [-0.3, -0.25) is 4.79 Å². The molecule has 1 atom stereocenters. The molecule has 1 aliphatic heterocycles. The van der Waals surface area contributed by atoms with E-state index in [1.54, 1.807) is 0 Å². The molecule has 2 aromatic rings. The van der Waals surface area contributed by atoms with E-state index in [4.69, 9.17) is 9.63 Å². The first-order chi connectivity index (χ1) is 10.7. The van der Waals surface area contributed by atoms with Crippen molar-refractivity contribution < 1.29 is 14.4 Å². The van der Waals surface area contributed by atoms with Gasteiger partial charge in [0.05, 0.1) is 5.92 Å². The SMILES string of the molecule is Cl.O=C(O)C1CCCN(CCc2nc(-c3ccccc3)no2)C1. The van der Waals surface area contributed by atoms with Crippen LogP contribution in [-0.4, -0.2) is 45.8 Å². The van der Waals surface area contributed by atoms with Gasteiger partial charge in [0.25, 0.3) is 0 Å². The number of piperidine rings is 1. The number of aliphatic carboxylic acids is 1. The zero-order chi connectivity index (χ0) is 15.4. The first-order valence-corrected chi connectivity index (χ1v) is 7.55. The first-order valence-electron chi connectivity index (χ1n) is 7.55. The Kier molecular flexibility index (Phi) is 6.12. The van der Waals surface area contributed by atoms with Gasteiger partial charge in [0.2, 0.25) is 11.7 Å². The fraction of sp³-hybridized carbons (Fsp3) is 0.438. The summed E-state index contributed by atoms with van der Waals surface area (Å²) in [6.07, 6.45) is 2.34. The minimum absolute atomic E-state index is 0. The lowest BCUT2D eigenvalue weighted by atomic mass is 9.98. The van der Waals surface area contributed by atoms with Crippen LogP contribution in [0.5, 0.6) is 0 Å². The molecule has 1 saturated heterocycles. The van der Waals surface area contributed by atoms with Crippen LogP contribution in [0.15, 0.2) is 34.9 Å². The van der Waals surface area contributed by atoms with E-state index in [0.717, 1.165) is 31.5 Å². The molecule has 0 bridgehead atoms. The van der Waals surface area contributed by atoms with Crippen molar-refractivity contribution in [3.8, 4) is 11.4 Å². The van der Waals surface area contributed by atoms with E-state index in [1.165, 1.54) is 0 Å². The summed E-state index contributed by atoms with van der Waals surface area (Å²) < 4.78 is 5.28. The third-order valence-electron chi connectivity index (χ3n) is 4.00. The van der Waals surface area contributed by atoms with Crippen molar-refractivity contribution in [2.45, 2.75) is 19.3 Å². The molecule has 23 heavy (non-hydrogen) atoms. The molecular formula is C16H20ClN3O3. The number of likely N-dealkylation sites (tertiary alicyclic amines) is 1. The van der Waals surface area contributed by atoms with Gasteiger partial charge in [-0.15, -0.1) is 12.4 Å². The monoisotopic (exact) mass is 337 g/mol. The Balaban J connectivity index is 0.00000192. The number of benzene rings is 1. The maximum atomic E-state index is 11.1. The van der Waals surface area contributed by atoms with Gasteiger partial charge in [-0.25, -0.2) is 0 Å². The zero-order valence-electron chi connectivity index (χ0n) is 12.7. The van der Waals surface area contributed by atoms with Gasteiger partial charge >= 0.3 is 5.97 Å². The number of carbonyl (C=O) groups is 1. The maximum absolute atomic E-state index is 11.1. The molecule has 0 radical (unpaired) electrons. The van der Waals surface area contributed by atoms with Crippen molar-refractivity contribution in [1.29, 1.82) is 0 Å². The Morgan fingerprint density at radius 1 is 1.35 bits per heavy atom. The molecule has 7 heteroatoms. The molecule has 0 saturated carbocycles. The van der Waals surface area contributed by atoms with Crippen molar-refractivity contribution in [2.75, 3.05) is 19.6 Å². The highest BCUT2D eigenvalue weighted by atomic mass is 35.5. The van der Waals surface area contributed by atoms with E-state index in [1.807, 2.05) is 30.3 Å². The highest BCUT2D eigenvalue weighted by Crippen LogP contribution is 2.18. The predicted octanol–water partition coefficient (Wildman–Crippen LogP) is 2.50. The number of halogens is 1. The molecule has 2 heterocycles. The Morgan fingerprint density at radius 3 is 2.87 bits per heavy atom. The maximum Gasteiger partial charge on any atom is 0.307 e. The summed E-state index contributed by atoms with van der Waals surface area (Å²) in [6, 6.07) is 9.70. The van der Waals surface area contributed by atoms with Gasteiger partial charge in [0.15, 0.2) is 0 Å². The molecule has 1 aromatic heterocycles. The lowest BCUT2D eigenvalue weighted by Gasteiger charge is -2.30. The minimum atomic E-state index is -0.700. The Labute approximate surface area is 140 Å². The molecular weight excluding hydrogens is 318 g/mol. The number of rotatable bonds is 5. The van der Waals surface area contributed by atoms with Crippen LogP contribution in [0.3, 0.4) is 0 Å². The summed E-state index contributed by atoms with van der Waals surface area (Å²) in [5.41, 5.74) is 0.932. The lowest BCUT2D eigenvalue weighted by molar-refractivity contribution is -0.143. The van der Waals surface area contributed by atoms with Crippen LogP contribution >= 0.6 is 12.4 Å². The van der Waals surface area contributed by atoms with Crippen LogP contribution in [0.4, 0.5) is 0 Å². The number of carboxylic acids is 1. The van der Waals surface area contributed by atoms with E-state index in [9.17, 15) is 4.79 Å². The summed E-state index contributed by atoms with van der Waals surface area (Å²) >= 11 is 0. The van der Waals surface area contributed by atoms with E-state index in [2.05, 4.69) is 15.0 Å². The van der Waals surface area contributed by atoms with Crippen molar-refractivity contribution in [3.63, 3.8) is 0 Å². The molecule has 1 fully saturated rings. The van der Waals surface area contributed by atoms with Crippen molar-refractivity contribution in [1.82, 2.24) is 15.0 Å². The standard InChI is InChI=1S/C16H19N3O3.ClH/c20-16(21)13-7-4-9-19(11-13)10-8-14-17-15(18-22-14)12-5-2-1-3-6-12;/h1-3,5-6,13H,4,7-11H2,(H,20,21);1H. The normalized spacial score (nSPS) is 18.3. The average Bonchev–Trinajstić information content (AvgIpc) is 3.03. The van der Waals surface area contributed by atoms with E-state index < -0.39 is 5.97 Å². The molecule has 0 aliphatic carbocycles. The molecule has 1 aromatic carbocycles. The van der Waals surface area contributed by atoms with Gasteiger partial charge in [0, 0.05) is 25.1 Å². The second-order valence-electron chi connectivity index (χ2n) is 5.61. The van der Waals surface area contributed by atoms with Crippen molar-refractivity contribution >= 4 is 18.4 Å². The molecule has 1 unspecified atom stereocenters. The van der Waals surface area contributed by atoms with Crippen molar-refractivity contribution in [3.05, 3.63) is 36.2 Å². The molecule has 3 rings (SSSR count). The number of hydrogen-bond donors (Lipinski definition) is 1. The largest absolute Gasteiger partial charge is 0.481 e. The van der Waals surface area contributed by atoms with Gasteiger partial charge in [-0.2, -0.15) is 4.98 Å². The van der Waals surface area contributed by atoms with Crippen LogP contribution in [0.1, 0.15) is 18.7 Å². The summed E-state index contributed by atoms with van der Waals surface area (Å²) in [7, 11) is 0. The molecule has 124 valence electrons. The molecule has 0 amide bonds. The Bertz CT molecular complexity index is 633. The third-order valence-corrected chi connectivity index (χ3v) is 4.00. The van der Waals surface area contributed by atoms with Gasteiger partial charge < -0.3 is 14.5 Å². The number of carboxylic acid groups (broad SMARTS) is 1. The predicted molar refractivity (Wildman–Crippen MR) is 87.5 cm³/mol. The van der Waals surface area contributed by atoms with Crippen LogP contribution < -0.4 is 0 Å². The highest BCUT2D eigenvalue weighted by molar-refractivity contribution is 5.85. The summed E-state index contributed by atoms with van der Waals surface area (Å²) in [5.74, 6) is 0.235. The first kappa shape index (κ1) is 17.4. The third kappa shape index (κ3) is 4.53. The average molecular weight is 338 g/mol. The molecule has 1 aliphatic rings. The smallest absolute Gasteiger partial charge is 0.307 e. The zero-order valence-corrected chi connectivity index (χ0v) is 13.5. The van der Waals surface area contributed by atoms with Crippen LogP contribution in [0.2, 0.25) is 0 Å². The summed E-state index contributed by atoms with van der Waals surface area (Å²) in [6.45, 7) is 2.29. The van der Waals surface area contributed by atoms with Gasteiger partial charge in [0.1, 0.15) is 0 Å². The molecule has 0 spiro atoms. The Hall–Kier alpha value is -1.92. The van der Waals surface area contributed by atoms with Crippen LogP contribution in [0.25, 0.3) is 11.4 Å². The van der Waals surface area contributed by atoms with E-state index in [0.29, 0.717) is 24.7 Å². The van der Waals surface area contributed by atoms with Crippen LogP contribution in [0, 0.1) is 5.92 Å². The second kappa shape index (κ2) is 8.08.